The molecule has 0 bridgehead atoms. The Morgan fingerprint density at radius 1 is 1.33 bits per heavy atom. The Balaban J connectivity index is 2.32. The number of hydrogen-bond donors (Lipinski definition) is 1. The maximum Gasteiger partial charge on any atom is 0.0644 e. The minimum atomic E-state index is 0.193. The van der Waals surface area contributed by atoms with Crippen molar-refractivity contribution in [3.8, 4) is 0 Å². The van der Waals surface area contributed by atoms with Crippen molar-refractivity contribution in [2.75, 3.05) is 25.0 Å². The zero-order valence-electron chi connectivity index (χ0n) is 11.8. The molecule has 3 heteroatoms. The molecule has 0 aromatic heterocycles. The Kier molecular flexibility index (Phi) is 3.88. The number of rotatable bonds is 2. The highest BCUT2D eigenvalue weighted by molar-refractivity contribution is 6.33. The first-order valence-corrected chi connectivity index (χ1v) is 7.03. The fraction of sp³-hybridized carbons (Fsp3) is 0.600. The molecule has 1 saturated heterocycles. The maximum absolute atomic E-state index is 6.44. The van der Waals surface area contributed by atoms with Crippen molar-refractivity contribution in [3.63, 3.8) is 0 Å². The number of halogens is 1. The maximum atomic E-state index is 6.44. The Labute approximate surface area is 115 Å². The molecule has 100 valence electrons. The normalized spacial score (nSPS) is 24.4. The zero-order chi connectivity index (χ0) is 13.3. The van der Waals surface area contributed by atoms with Gasteiger partial charge in [0, 0.05) is 18.6 Å². The monoisotopic (exact) mass is 266 g/mol. The average Bonchev–Trinajstić information content (AvgIpc) is 2.28. The van der Waals surface area contributed by atoms with Crippen molar-refractivity contribution < 1.29 is 0 Å². The van der Waals surface area contributed by atoms with Gasteiger partial charge in [0.2, 0.25) is 0 Å². The molecule has 1 aromatic carbocycles. The summed E-state index contributed by atoms with van der Waals surface area (Å²) in [5, 5.41) is 4.33. The fourth-order valence-electron chi connectivity index (χ4n) is 2.94. The van der Waals surface area contributed by atoms with E-state index in [4.69, 9.17) is 11.6 Å². The summed E-state index contributed by atoms with van der Waals surface area (Å²) in [6, 6.07) is 4.28. The highest BCUT2D eigenvalue weighted by Gasteiger charge is 2.30. The lowest BCUT2D eigenvalue weighted by Gasteiger charge is -2.42. The molecule has 1 atom stereocenters. The second-order valence-electron chi connectivity index (χ2n) is 5.75. The molecule has 2 rings (SSSR count). The lowest BCUT2D eigenvalue weighted by atomic mass is 9.90. The van der Waals surface area contributed by atoms with E-state index in [0.29, 0.717) is 0 Å². The third-order valence-corrected chi connectivity index (χ3v) is 4.30. The quantitative estimate of drug-likeness (QED) is 0.881. The largest absolute Gasteiger partial charge is 0.368 e. The predicted octanol–water partition coefficient (Wildman–Crippen LogP) is 3.54. The van der Waals surface area contributed by atoms with Gasteiger partial charge in [-0.25, -0.2) is 0 Å². The third kappa shape index (κ3) is 2.65. The molecule has 0 aliphatic carbocycles. The minimum Gasteiger partial charge on any atom is -0.368 e. The van der Waals surface area contributed by atoms with Gasteiger partial charge in [-0.15, -0.1) is 0 Å². The van der Waals surface area contributed by atoms with Gasteiger partial charge >= 0.3 is 0 Å². The van der Waals surface area contributed by atoms with Gasteiger partial charge in [-0.2, -0.15) is 0 Å². The fourth-order valence-corrected chi connectivity index (χ4v) is 3.38. The van der Waals surface area contributed by atoms with E-state index in [1.165, 1.54) is 29.7 Å². The first-order chi connectivity index (χ1) is 8.45. The summed E-state index contributed by atoms with van der Waals surface area (Å²) >= 11 is 6.44. The van der Waals surface area contributed by atoms with Crippen LogP contribution in [0.3, 0.4) is 0 Å². The number of likely N-dealkylation sites (N-methyl/N-ethyl adjacent to an activating group) is 1. The number of piperidine rings is 1. The Bertz CT molecular complexity index is 421. The van der Waals surface area contributed by atoms with E-state index in [0.717, 1.165) is 18.1 Å². The number of aryl methyl sites for hydroxylation is 2. The molecule has 0 radical (unpaired) electrons. The molecule has 2 nitrogen and oxygen atoms in total. The second-order valence-corrected chi connectivity index (χ2v) is 6.16. The van der Waals surface area contributed by atoms with Gasteiger partial charge in [0.05, 0.1) is 10.7 Å². The molecule has 1 unspecified atom stereocenters. The van der Waals surface area contributed by atoms with Crippen molar-refractivity contribution in [2.45, 2.75) is 39.2 Å². The van der Waals surface area contributed by atoms with E-state index in [1.807, 2.05) is 7.05 Å². The van der Waals surface area contributed by atoms with Crippen LogP contribution in [0, 0.1) is 13.8 Å². The molecule has 0 saturated carbocycles. The first-order valence-electron chi connectivity index (χ1n) is 6.66. The van der Waals surface area contributed by atoms with Crippen molar-refractivity contribution >= 4 is 17.3 Å². The Morgan fingerprint density at radius 2 is 2.06 bits per heavy atom. The van der Waals surface area contributed by atoms with Gasteiger partial charge in [0.1, 0.15) is 0 Å². The Hall–Kier alpha value is -0.730. The van der Waals surface area contributed by atoms with Gasteiger partial charge in [0.15, 0.2) is 0 Å². The van der Waals surface area contributed by atoms with E-state index >= 15 is 0 Å². The van der Waals surface area contributed by atoms with Crippen LogP contribution in [0.25, 0.3) is 0 Å². The van der Waals surface area contributed by atoms with E-state index in [-0.39, 0.29) is 5.54 Å². The van der Waals surface area contributed by atoms with E-state index in [2.05, 4.69) is 43.1 Å². The molecule has 18 heavy (non-hydrogen) atoms. The molecule has 0 spiro atoms. The van der Waals surface area contributed by atoms with Crippen LogP contribution >= 0.6 is 11.6 Å². The second kappa shape index (κ2) is 5.10. The van der Waals surface area contributed by atoms with Crippen LogP contribution in [-0.2, 0) is 0 Å². The predicted molar refractivity (Wildman–Crippen MR) is 79.8 cm³/mol. The highest BCUT2D eigenvalue weighted by Crippen LogP contribution is 2.34. The number of anilines is 1. The van der Waals surface area contributed by atoms with Crippen molar-refractivity contribution in [1.82, 2.24) is 5.32 Å². The van der Waals surface area contributed by atoms with Crippen LogP contribution in [0.4, 0.5) is 5.69 Å². The third-order valence-electron chi connectivity index (χ3n) is 4.01. The molecule has 1 aliphatic rings. The topological polar surface area (TPSA) is 15.3 Å². The molecule has 1 aromatic rings. The summed E-state index contributed by atoms with van der Waals surface area (Å²) in [6.07, 6.45) is 2.43. The number of nitrogens with zero attached hydrogens (tertiary/aromatic N) is 1. The lowest BCUT2D eigenvalue weighted by Crippen LogP contribution is -2.54. The van der Waals surface area contributed by atoms with Gasteiger partial charge in [-0.1, -0.05) is 17.7 Å². The highest BCUT2D eigenvalue weighted by atomic mass is 35.5. The molecule has 0 amide bonds. The summed E-state index contributed by atoms with van der Waals surface area (Å²) < 4.78 is 0. The first kappa shape index (κ1) is 13.7. The lowest BCUT2D eigenvalue weighted by molar-refractivity contribution is 0.316. The molecule has 1 aliphatic heterocycles. The van der Waals surface area contributed by atoms with Crippen LogP contribution < -0.4 is 10.2 Å². The summed E-state index contributed by atoms with van der Waals surface area (Å²) in [5.41, 5.74) is 3.91. The SMILES string of the molecule is CNC1(C)CCCN(c2c(C)cc(C)cc2Cl)C1. The number of nitrogens with one attached hydrogen (secondary N) is 1. The summed E-state index contributed by atoms with van der Waals surface area (Å²) in [6.45, 7) is 8.65. The van der Waals surface area contributed by atoms with Crippen LogP contribution in [0.15, 0.2) is 12.1 Å². The number of benzene rings is 1. The van der Waals surface area contributed by atoms with Gasteiger partial charge in [0.25, 0.3) is 0 Å². The van der Waals surface area contributed by atoms with E-state index < -0.39 is 0 Å². The minimum absolute atomic E-state index is 0.193. The average molecular weight is 267 g/mol. The summed E-state index contributed by atoms with van der Waals surface area (Å²) in [5.74, 6) is 0. The van der Waals surface area contributed by atoms with Crippen molar-refractivity contribution in [3.05, 3.63) is 28.3 Å². The van der Waals surface area contributed by atoms with Crippen LogP contribution in [0.2, 0.25) is 5.02 Å². The molecule has 1 heterocycles. The molecular formula is C15H23ClN2. The zero-order valence-corrected chi connectivity index (χ0v) is 12.6. The Morgan fingerprint density at radius 3 is 2.67 bits per heavy atom. The van der Waals surface area contributed by atoms with Gasteiger partial charge < -0.3 is 10.2 Å². The molecule has 1 fully saturated rings. The molecule has 1 N–H and O–H groups in total. The van der Waals surface area contributed by atoms with Crippen molar-refractivity contribution in [2.24, 2.45) is 0 Å². The summed E-state index contributed by atoms with van der Waals surface area (Å²) in [4.78, 5) is 2.43. The van der Waals surface area contributed by atoms with Crippen LogP contribution in [-0.4, -0.2) is 25.7 Å². The van der Waals surface area contributed by atoms with Crippen molar-refractivity contribution in [1.29, 1.82) is 0 Å². The van der Waals surface area contributed by atoms with Crippen LogP contribution in [0.5, 0.6) is 0 Å². The van der Waals surface area contributed by atoms with Gasteiger partial charge in [-0.05, 0) is 57.9 Å². The standard InChI is InChI=1S/C15H23ClN2/c1-11-8-12(2)14(13(16)9-11)18-7-5-6-15(3,10-18)17-4/h8-9,17H,5-7,10H2,1-4H3. The van der Waals surface area contributed by atoms with E-state index in [1.54, 1.807) is 0 Å². The van der Waals surface area contributed by atoms with E-state index in [9.17, 15) is 0 Å². The number of hydrogen-bond acceptors (Lipinski definition) is 2. The molecular weight excluding hydrogens is 244 g/mol. The smallest absolute Gasteiger partial charge is 0.0644 e. The summed E-state index contributed by atoms with van der Waals surface area (Å²) in [7, 11) is 2.05. The van der Waals surface area contributed by atoms with Crippen LogP contribution in [0.1, 0.15) is 30.9 Å². The van der Waals surface area contributed by atoms with Gasteiger partial charge in [-0.3, -0.25) is 0 Å².